The minimum absolute atomic E-state index is 0.0491. The largest absolute Gasteiger partial charge is 0.393 e. The molecule has 0 radical (unpaired) electrons. The van der Waals surface area contributed by atoms with Gasteiger partial charge in [0.15, 0.2) is 0 Å². The Labute approximate surface area is 111 Å². The highest BCUT2D eigenvalue weighted by Gasteiger charge is 2.50. The van der Waals surface area contributed by atoms with Gasteiger partial charge in [-0.3, -0.25) is 0 Å². The van der Waals surface area contributed by atoms with Crippen molar-refractivity contribution in [3.63, 3.8) is 0 Å². The maximum absolute atomic E-state index is 9.55. The molecule has 0 aromatic carbocycles. The molecule has 2 aliphatic rings. The highest BCUT2D eigenvalue weighted by atomic mass is 16.5. The number of aliphatic hydroxyl groups is 1. The second kappa shape index (κ2) is 5.89. The average Bonchev–Trinajstić information content (AvgIpc) is 2.77. The van der Waals surface area contributed by atoms with E-state index >= 15 is 0 Å². The molecule has 3 nitrogen and oxygen atoms in total. The molecule has 2 N–H and O–H groups in total. The Morgan fingerprint density at radius 2 is 2.06 bits per heavy atom. The summed E-state index contributed by atoms with van der Waals surface area (Å²) >= 11 is 0. The molecule has 3 heteroatoms. The third-order valence-corrected chi connectivity index (χ3v) is 5.28. The van der Waals surface area contributed by atoms with Crippen LogP contribution in [0.4, 0.5) is 0 Å². The lowest BCUT2D eigenvalue weighted by Crippen LogP contribution is -2.62. The number of hydrogen-bond acceptors (Lipinski definition) is 3. The topological polar surface area (TPSA) is 41.5 Å². The molecule has 2 saturated carbocycles. The summed E-state index contributed by atoms with van der Waals surface area (Å²) in [5.41, 5.74) is 0.299. The molecular formula is C15H29NO2. The molecule has 0 aromatic rings. The zero-order valence-electron chi connectivity index (χ0n) is 12.1. The fourth-order valence-corrected chi connectivity index (χ4v) is 3.61. The Morgan fingerprint density at radius 1 is 1.28 bits per heavy atom. The van der Waals surface area contributed by atoms with Crippen LogP contribution >= 0.6 is 0 Å². The molecular weight excluding hydrogens is 226 g/mol. The average molecular weight is 255 g/mol. The fourth-order valence-electron chi connectivity index (χ4n) is 3.61. The van der Waals surface area contributed by atoms with Crippen LogP contribution in [0.15, 0.2) is 0 Å². The minimum atomic E-state index is -0.0491. The summed E-state index contributed by atoms with van der Waals surface area (Å²) < 4.78 is 5.82. The van der Waals surface area contributed by atoms with Gasteiger partial charge in [-0.1, -0.05) is 13.8 Å². The number of ether oxygens (including phenoxy) is 1. The lowest BCUT2D eigenvalue weighted by molar-refractivity contribution is -0.126. The van der Waals surface area contributed by atoms with Gasteiger partial charge in [-0.2, -0.15) is 0 Å². The lowest BCUT2D eigenvalue weighted by atomic mass is 9.61. The first kappa shape index (κ1) is 14.3. The quantitative estimate of drug-likeness (QED) is 0.765. The normalized spacial score (nSPS) is 44.0. The molecule has 0 aliphatic heterocycles. The van der Waals surface area contributed by atoms with Gasteiger partial charge in [0.05, 0.1) is 12.2 Å². The summed E-state index contributed by atoms with van der Waals surface area (Å²) in [6, 6.07) is 0.594. The monoisotopic (exact) mass is 255 g/mol. The lowest BCUT2D eigenvalue weighted by Gasteiger charge is -2.54. The number of hydrogen-bond donors (Lipinski definition) is 2. The molecule has 18 heavy (non-hydrogen) atoms. The van der Waals surface area contributed by atoms with E-state index in [0.29, 0.717) is 23.5 Å². The molecule has 2 fully saturated rings. The van der Waals surface area contributed by atoms with Gasteiger partial charge in [0, 0.05) is 18.1 Å². The smallest absolute Gasteiger partial charge is 0.0658 e. The molecule has 0 amide bonds. The third kappa shape index (κ3) is 2.73. The molecule has 0 bridgehead atoms. The van der Waals surface area contributed by atoms with Crippen molar-refractivity contribution in [2.45, 2.75) is 71.1 Å². The van der Waals surface area contributed by atoms with E-state index in [1.54, 1.807) is 0 Å². The van der Waals surface area contributed by atoms with Crippen molar-refractivity contribution in [2.75, 3.05) is 13.2 Å². The van der Waals surface area contributed by atoms with Crippen LogP contribution in [0.25, 0.3) is 0 Å². The Balaban J connectivity index is 1.76. The van der Waals surface area contributed by atoms with Gasteiger partial charge < -0.3 is 15.2 Å². The van der Waals surface area contributed by atoms with Gasteiger partial charge in [-0.15, -0.1) is 0 Å². The minimum Gasteiger partial charge on any atom is -0.393 e. The van der Waals surface area contributed by atoms with Crippen LogP contribution in [0.1, 0.15) is 52.9 Å². The summed E-state index contributed by atoms with van der Waals surface area (Å²) in [5.74, 6) is 0.673. The van der Waals surface area contributed by atoms with E-state index < -0.39 is 0 Å². The van der Waals surface area contributed by atoms with Gasteiger partial charge in [-0.05, 0) is 51.5 Å². The standard InChI is InChI=1S/C15H29NO2/c1-4-15(3)13(9-14(15)18-5-2)16-10-11-6-7-12(17)8-11/h11-14,16-17H,4-10H2,1-3H3. The maximum atomic E-state index is 9.55. The van der Waals surface area contributed by atoms with Crippen LogP contribution in [0, 0.1) is 11.3 Å². The molecule has 0 aromatic heterocycles. The van der Waals surface area contributed by atoms with E-state index in [0.717, 1.165) is 32.4 Å². The molecule has 0 heterocycles. The van der Waals surface area contributed by atoms with Crippen molar-refractivity contribution in [3.05, 3.63) is 0 Å². The van der Waals surface area contributed by atoms with Crippen LogP contribution in [0.2, 0.25) is 0 Å². The van der Waals surface area contributed by atoms with Crippen molar-refractivity contribution < 1.29 is 9.84 Å². The SMILES string of the molecule is CCOC1CC(NCC2CCC(O)C2)C1(C)CC. The highest BCUT2D eigenvalue weighted by molar-refractivity contribution is 5.05. The summed E-state index contributed by atoms with van der Waals surface area (Å²) in [6.45, 7) is 8.58. The van der Waals surface area contributed by atoms with Crippen LogP contribution < -0.4 is 5.32 Å². The molecule has 2 aliphatic carbocycles. The van der Waals surface area contributed by atoms with Crippen molar-refractivity contribution in [1.82, 2.24) is 5.32 Å². The van der Waals surface area contributed by atoms with E-state index in [4.69, 9.17) is 4.74 Å². The molecule has 106 valence electrons. The van der Waals surface area contributed by atoms with Crippen molar-refractivity contribution in [1.29, 1.82) is 0 Å². The second-order valence-corrected chi connectivity index (χ2v) is 6.33. The summed E-state index contributed by atoms with van der Waals surface area (Å²) in [6.07, 6.45) is 5.85. The van der Waals surface area contributed by atoms with Crippen LogP contribution in [0.3, 0.4) is 0 Å². The van der Waals surface area contributed by atoms with Crippen LogP contribution in [-0.4, -0.2) is 36.5 Å². The van der Waals surface area contributed by atoms with E-state index in [9.17, 15) is 5.11 Å². The van der Waals surface area contributed by atoms with Crippen LogP contribution in [0.5, 0.6) is 0 Å². The van der Waals surface area contributed by atoms with Crippen molar-refractivity contribution in [2.24, 2.45) is 11.3 Å². The number of aliphatic hydroxyl groups excluding tert-OH is 1. The van der Waals surface area contributed by atoms with Gasteiger partial charge in [0.1, 0.15) is 0 Å². The van der Waals surface area contributed by atoms with Gasteiger partial charge in [0.2, 0.25) is 0 Å². The van der Waals surface area contributed by atoms with Crippen molar-refractivity contribution in [3.8, 4) is 0 Å². The third-order valence-electron chi connectivity index (χ3n) is 5.28. The van der Waals surface area contributed by atoms with Crippen LogP contribution in [-0.2, 0) is 4.74 Å². The summed E-state index contributed by atoms with van der Waals surface area (Å²) in [5, 5.41) is 13.3. The predicted octanol–water partition coefficient (Wildman–Crippen LogP) is 2.33. The van der Waals surface area contributed by atoms with Gasteiger partial charge in [0.25, 0.3) is 0 Å². The Morgan fingerprint density at radius 3 is 2.61 bits per heavy atom. The number of nitrogens with one attached hydrogen (secondary N) is 1. The summed E-state index contributed by atoms with van der Waals surface area (Å²) in [4.78, 5) is 0. The Bertz CT molecular complexity index is 271. The zero-order valence-corrected chi connectivity index (χ0v) is 12.1. The molecule has 0 spiro atoms. The van der Waals surface area contributed by atoms with E-state index in [2.05, 4.69) is 26.1 Å². The fraction of sp³-hybridized carbons (Fsp3) is 1.00. The first-order chi connectivity index (χ1) is 8.60. The highest BCUT2D eigenvalue weighted by Crippen LogP contribution is 2.46. The second-order valence-electron chi connectivity index (χ2n) is 6.33. The molecule has 2 rings (SSSR count). The first-order valence-electron chi connectivity index (χ1n) is 7.63. The van der Waals surface area contributed by atoms with E-state index in [-0.39, 0.29) is 6.10 Å². The predicted molar refractivity (Wildman–Crippen MR) is 73.6 cm³/mol. The molecule has 0 saturated heterocycles. The van der Waals surface area contributed by atoms with Gasteiger partial charge >= 0.3 is 0 Å². The Kier molecular flexibility index (Phi) is 4.68. The Hall–Kier alpha value is -0.120. The van der Waals surface area contributed by atoms with E-state index in [1.165, 1.54) is 12.8 Å². The summed E-state index contributed by atoms with van der Waals surface area (Å²) in [7, 11) is 0. The molecule has 5 unspecified atom stereocenters. The van der Waals surface area contributed by atoms with E-state index in [1.807, 2.05) is 0 Å². The van der Waals surface area contributed by atoms with Gasteiger partial charge in [-0.25, -0.2) is 0 Å². The number of rotatable bonds is 6. The van der Waals surface area contributed by atoms with Crippen molar-refractivity contribution >= 4 is 0 Å². The maximum Gasteiger partial charge on any atom is 0.0658 e. The zero-order chi connectivity index (χ0) is 13.2. The first-order valence-corrected chi connectivity index (χ1v) is 7.63. The molecule has 5 atom stereocenters.